The minimum Gasteiger partial charge on any atom is -0.485 e. The van der Waals surface area contributed by atoms with Crippen molar-refractivity contribution in [3.8, 4) is 5.75 Å². The van der Waals surface area contributed by atoms with Gasteiger partial charge in [-0.2, -0.15) is 4.98 Å². The van der Waals surface area contributed by atoms with Crippen molar-refractivity contribution in [3.63, 3.8) is 0 Å². The van der Waals surface area contributed by atoms with Crippen molar-refractivity contribution in [2.24, 2.45) is 5.73 Å². The third-order valence-corrected chi connectivity index (χ3v) is 2.30. The zero-order valence-electron chi connectivity index (χ0n) is 10.5. The second-order valence-corrected chi connectivity index (χ2v) is 3.83. The monoisotopic (exact) mass is 280 g/mol. The summed E-state index contributed by atoms with van der Waals surface area (Å²) >= 11 is 0. The summed E-state index contributed by atoms with van der Waals surface area (Å²) in [5, 5.41) is 6.16. The first-order chi connectivity index (χ1) is 9.67. The normalized spacial score (nSPS) is 10.3. The Balaban J connectivity index is 1.85. The van der Waals surface area contributed by atoms with Crippen LogP contribution in [0.1, 0.15) is 11.7 Å². The number of aromatic nitrogens is 2. The first-order valence-corrected chi connectivity index (χ1v) is 5.84. The van der Waals surface area contributed by atoms with Crippen LogP contribution in [0.2, 0.25) is 0 Å². The lowest BCUT2D eigenvalue weighted by atomic mass is 10.3. The van der Waals surface area contributed by atoms with Gasteiger partial charge in [0, 0.05) is 6.07 Å². The molecule has 2 aromatic rings. The summed E-state index contributed by atoms with van der Waals surface area (Å²) in [6.45, 7) is 0.0322. The number of benzene rings is 1. The molecule has 7 nitrogen and oxygen atoms in total. The van der Waals surface area contributed by atoms with E-state index in [9.17, 15) is 9.18 Å². The number of nitrogens with zero attached hydrogens (tertiary/aromatic N) is 2. The van der Waals surface area contributed by atoms with Crippen LogP contribution in [0.25, 0.3) is 0 Å². The number of ether oxygens (including phenoxy) is 1. The molecule has 0 aliphatic heterocycles. The first kappa shape index (κ1) is 13.9. The van der Waals surface area contributed by atoms with Gasteiger partial charge in [-0.25, -0.2) is 4.39 Å². The largest absolute Gasteiger partial charge is 0.485 e. The van der Waals surface area contributed by atoms with E-state index in [-0.39, 0.29) is 37.3 Å². The molecule has 1 aromatic heterocycles. The third kappa shape index (κ3) is 4.02. The number of hydrogen-bond acceptors (Lipinski definition) is 6. The Morgan fingerprint density at radius 1 is 1.50 bits per heavy atom. The highest BCUT2D eigenvalue weighted by Crippen LogP contribution is 2.13. The number of amides is 1. The van der Waals surface area contributed by atoms with Gasteiger partial charge in [0.2, 0.25) is 17.6 Å². The Kier molecular flexibility index (Phi) is 4.61. The van der Waals surface area contributed by atoms with Crippen molar-refractivity contribution in [1.29, 1.82) is 0 Å². The van der Waals surface area contributed by atoms with Gasteiger partial charge in [-0.1, -0.05) is 11.2 Å². The summed E-state index contributed by atoms with van der Waals surface area (Å²) in [6.07, 6.45) is 0. The van der Waals surface area contributed by atoms with E-state index in [1.807, 2.05) is 0 Å². The molecule has 1 heterocycles. The minimum absolute atomic E-state index is 0.0395. The smallest absolute Gasteiger partial charge is 0.246 e. The van der Waals surface area contributed by atoms with Crippen molar-refractivity contribution < 1.29 is 18.4 Å². The van der Waals surface area contributed by atoms with E-state index in [0.29, 0.717) is 11.6 Å². The molecule has 1 aromatic carbocycles. The maximum atomic E-state index is 12.9. The van der Waals surface area contributed by atoms with Crippen LogP contribution in [0.5, 0.6) is 5.75 Å². The van der Waals surface area contributed by atoms with Crippen LogP contribution in [0.4, 0.5) is 4.39 Å². The number of halogens is 1. The summed E-state index contributed by atoms with van der Waals surface area (Å²) in [5.74, 6) is 0.199. The molecule has 2 rings (SSSR count). The number of rotatable bonds is 6. The number of nitrogens with two attached hydrogens (primary N) is 1. The molecule has 0 fully saturated rings. The van der Waals surface area contributed by atoms with Crippen LogP contribution in [0, 0.1) is 5.82 Å². The maximum Gasteiger partial charge on any atom is 0.246 e. The topological polar surface area (TPSA) is 103 Å². The Morgan fingerprint density at radius 2 is 2.35 bits per heavy atom. The second kappa shape index (κ2) is 6.62. The summed E-state index contributed by atoms with van der Waals surface area (Å²) in [4.78, 5) is 15.0. The van der Waals surface area contributed by atoms with E-state index >= 15 is 0 Å². The van der Waals surface area contributed by atoms with Crippen LogP contribution in [0.3, 0.4) is 0 Å². The van der Waals surface area contributed by atoms with E-state index in [1.54, 1.807) is 6.07 Å². The molecule has 0 spiro atoms. The lowest BCUT2D eigenvalue weighted by molar-refractivity contribution is -0.120. The molecule has 3 N–H and O–H groups in total. The van der Waals surface area contributed by atoms with Crippen LogP contribution in [-0.2, 0) is 17.9 Å². The molecule has 0 aliphatic rings. The van der Waals surface area contributed by atoms with Crippen molar-refractivity contribution in [1.82, 2.24) is 15.5 Å². The summed E-state index contributed by atoms with van der Waals surface area (Å²) in [5.41, 5.74) is 5.14. The summed E-state index contributed by atoms with van der Waals surface area (Å²) < 4.78 is 23.1. The number of nitrogens with one attached hydrogen (secondary N) is 1. The quantitative estimate of drug-likeness (QED) is 0.792. The molecule has 0 bridgehead atoms. The predicted octanol–water partition coefficient (Wildman–Crippen LogP) is 0.363. The van der Waals surface area contributed by atoms with E-state index in [0.717, 1.165) is 0 Å². The lowest BCUT2D eigenvalue weighted by Gasteiger charge is -2.02. The van der Waals surface area contributed by atoms with Gasteiger partial charge in [0.1, 0.15) is 11.6 Å². The molecule has 106 valence electrons. The molecule has 0 aliphatic carbocycles. The van der Waals surface area contributed by atoms with Gasteiger partial charge in [0.15, 0.2) is 6.61 Å². The molecule has 0 atom stereocenters. The van der Waals surface area contributed by atoms with Crippen LogP contribution >= 0.6 is 0 Å². The standard InChI is InChI=1S/C12H13FN4O3/c13-8-2-1-3-9(4-8)19-7-10-16-12(20-17-10)6-15-11(18)5-14/h1-4H,5-7,14H2,(H,15,18). The summed E-state index contributed by atoms with van der Waals surface area (Å²) in [6, 6.07) is 5.72. The van der Waals surface area contributed by atoms with Crippen molar-refractivity contribution in [3.05, 3.63) is 41.8 Å². The average molecular weight is 280 g/mol. The Bertz CT molecular complexity index is 588. The molecule has 0 radical (unpaired) electrons. The van der Waals surface area contributed by atoms with Crippen molar-refractivity contribution in [2.75, 3.05) is 6.54 Å². The van der Waals surface area contributed by atoms with Gasteiger partial charge in [0.25, 0.3) is 0 Å². The van der Waals surface area contributed by atoms with Crippen LogP contribution in [0.15, 0.2) is 28.8 Å². The molecule has 0 saturated carbocycles. The van der Waals surface area contributed by atoms with Gasteiger partial charge >= 0.3 is 0 Å². The van der Waals surface area contributed by atoms with Gasteiger partial charge in [-0.3, -0.25) is 4.79 Å². The zero-order chi connectivity index (χ0) is 14.4. The highest BCUT2D eigenvalue weighted by Gasteiger charge is 2.08. The fourth-order valence-corrected chi connectivity index (χ4v) is 1.37. The molecule has 20 heavy (non-hydrogen) atoms. The van der Waals surface area contributed by atoms with E-state index in [4.69, 9.17) is 15.0 Å². The van der Waals surface area contributed by atoms with Crippen LogP contribution in [-0.4, -0.2) is 22.6 Å². The molecular weight excluding hydrogens is 267 g/mol. The highest BCUT2D eigenvalue weighted by molar-refractivity contribution is 5.77. The Hall–Kier alpha value is -2.48. The highest BCUT2D eigenvalue weighted by atomic mass is 19.1. The molecule has 0 unspecified atom stereocenters. The van der Waals surface area contributed by atoms with E-state index < -0.39 is 0 Å². The number of carbonyl (C=O) groups excluding carboxylic acids is 1. The van der Waals surface area contributed by atoms with Crippen LogP contribution < -0.4 is 15.8 Å². The zero-order valence-corrected chi connectivity index (χ0v) is 10.5. The molecule has 8 heteroatoms. The lowest BCUT2D eigenvalue weighted by Crippen LogP contribution is -2.29. The SMILES string of the molecule is NCC(=O)NCc1nc(COc2cccc(F)c2)no1. The van der Waals surface area contributed by atoms with Crippen molar-refractivity contribution in [2.45, 2.75) is 13.2 Å². The van der Waals surface area contributed by atoms with Gasteiger partial charge in [0.05, 0.1) is 13.1 Å². The fourth-order valence-electron chi connectivity index (χ4n) is 1.37. The average Bonchev–Trinajstić information content (AvgIpc) is 2.90. The van der Waals surface area contributed by atoms with E-state index in [2.05, 4.69) is 15.5 Å². The number of carbonyl (C=O) groups is 1. The molecule has 1 amide bonds. The van der Waals surface area contributed by atoms with Gasteiger partial charge < -0.3 is 20.3 Å². The maximum absolute atomic E-state index is 12.9. The minimum atomic E-state index is -0.388. The molecule has 0 saturated heterocycles. The number of hydrogen-bond donors (Lipinski definition) is 2. The third-order valence-electron chi connectivity index (χ3n) is 2.30. The first-order valence-electron chi connectivity index (χ1n) is 5.84. The fraction of sp³-hybridized carbons (Fsp3) is 0.250. The van der Waals surface area contributed by atoms with Gasteiger partial charge in [-0.15, -0.1) is 0 Å². The summed E-state index contributed by atoms with van der Waals surface area (Å²) in [7, 11) is 0. The van der Waals surface area contributed by atoms with Gasteiger partial charge in [-0.05, 0) is 12.1 Å². The second-order valence-electron chi connectivity index (χ2n) is 3.83. The van der Waals surface area contributed by atoms with Crippen molar-refractivity contribution >= 4 is 5.91 Å². The predicted molar refractivity (Wildman–Crippen MR) is 65.9 cm³/mol. The Morgan fingerprint density at radius 3 is 3.10 bits per heavy atom. The Labute approximate surface area is 113 Å². The van der Waals surface area contributed by atoms with E-state index in [1.165, 1.54) is 18.2 Å². The molecular formula is C12H13FN4O3.